The Morgan fingerprint density at radius 3 is 1.49 bits per heavy atom. The lowest BCUT2D eigenvalue weighted by atomic mass is 10.0. The lowest BCUT2D eigenvalue weighted by Gasteiger charge is -2.10. The van der Waals surface area contributed by atoms with E-state index >= 15 is 0 Å². The molecule has 4 aromatic rings. The van der Waals surface area contributed by atoms with Gasteiger partial charge in [-0.3, -0.25) is 20.2 Å². The van der Waals surface area contributed by atoms with Crippen molar-refractivity contribution in [1.29, 1.82) is 0 Å². The van der Waals surface area contributed by atoms with Crippen LogP contribution in [0.4, 0.5) is 11.4 Å². The molecule has 0 spiro atoms. The van der Waals surface area contributed by atoms with E-state index in [4.69, 9.17) is 8.83 Å². The van der Waals surface area contributed by atoms with Crippen molar-refractivity contribution in [2.75, 3.05) is 0 Å². The van der Waals surface area contributed by atoms with Gasteiger partial charge in [0.25, 0.3) is 11.4 Å². The fraction of sp³-hybridized carbons (Fsp3) is 0.0870. The summed E-state index contributed by atoms with van der Waals surface area (Å²) in [5.74, 6) is 0.499. The number of nitro benzene ring substituents is 2. The second-order valence-electron chi connectivity index (χ2n) is 8.50. The molecule has 0 radical (unpaired) electrons. The topological polar surface area (TPSA) is 237 Å². The number of furan rings is 2. The van der Waals surface area contributed by atoms with Crippen LogP contribution in [0.5, 0.6) is 0 Å². The molecule has 0 fully saturated rings. The van der Waals surface area contributed by atoms with Crippen molar-refractivity contribution in [3.63, 3.8) is 0 Å². The van der Waals surface area contributed by atoms with Gasteiger partial charge in [0.2, 0.25) is 20.0 Å². The Kier molecular flexibility index (Phi) is 6.91. The molecule has 0 saturated heterocycles. The third-order valence-electron chi connectivity index (χ3n) is 6.09. The van der Waals surface area contributed by atoms with Gasteiger partial charge in [-0.2, -0.15) is 0 Å². The van der Waals surface area contributed by atoms with Crippen molar-refractivity contribution in [3.05, 3.63) is 104 Å². The first kappa shape index (κ1) is 27.6. The molecule has 0 atom stereocenters. The molecule has 5 rings (SSSR count). The Labute approximate surface area is 230 Å². The fourth-order valence-electron chi connectivity index (χ4n) is 4.28. The molecule has 2 aromatic carbocycles. The minimum Gasteiger partial charge on any atom is -0.468 e. The van der Waals surface area contributed by atoms with E-state index in [1.807, 2.05) is 0 Å². The zero-order valence-corrected chi connectivity index (χ0v) is 22.0. The van der Waals surface area contributed by atoms with E-state index in [1.54, 1.807) is 0 Å². The Balaban J connectivity index is 1.65. The summed E-state index contributed by atoms with van der Waals surface area (Å²) >= 11 is 0. The molecule has 1 aliphatic carbocycles. The van der Waals surface area contributed by atoms with Crippen LogP contribution in [0.2, 0.25) is 0 Å². The average molecular weight is 604 g/mol. The second-order valence-corrected chi connectivity index (χ2v) is 12.0. The summed E-state index contributed by atoms with van der Waals surface area (Å²) in [5, 5.41) is 37.1. The zero-order valence-electron chi connectivity index (χ0n) is 20.4. The third kappa shape index (κ3) is 5.07. The predicted molar refractivity (Wildman–Crippen MR) is 138 cm³/mol. The van der Waals surface area contributed by atoms with Gasteiger partial charge in [0.15, 0.2) is 0 Å². The Bertz CT molecular complexity index is 1800. The molecule has 18 heteroatoms. The monoisotopic (exact) mass is 603 g/mol. The van der Waals surface area contributed by atoms with Gasteiger partial charge in [-0.1, -0.05) is 5.16 Å². The molecule has 212 valence electrons. The fourth-order valence-corrected chi connectivity index (χ4v) is 6.35. The summed E-state index contributed by atoms with van der Waals surface area (Å²) in [7, 11) is -8.84. The molecule has 3 N–H and O–H groups in total. The van der Waals surface area contributed by atoms with Crippen molar-refractivity contribution in [1.82, 2.24) is 9.44 Å². The van der Waals surface area contributed by atoms with Crippen molar-refractivity contribution in [3.8, 4) is 11.1 Å². The molecule has 0 unspecified atom stereocenters. The maximum absolute atomic E-state index is 13.0. The average Bonchev–Trinajstić information content (AvgIpc) is 3.70. The van der Waals surface area contributed by atoms with E-state index in [0.717, 1.165) is 12.1 Å². The molecule has 41 heavy (non-hydrogen) atoms. The lowest BCUT2D eigenvalue weighted by molar-refractivity contribution is -0.386. The molecule has 1 aliphatic rings. The van der Waals surface area contributed by atoms with E-state index in [-0.39, 0.29) is 35.7 Å². The van der Waals surface area contributed by atoms with Gasteiger partial charge in [0.05, 0.1) is 56.4 Å². The minimum atomic E-state index is -4.42. The number of benzene rings is 2. The van der Waals surface area contributed by atoms with E-state index in [9.17, 15) is 42.3 Å². The highest BCUT2D eigenvalue weighted by molar-refractivity contribution is 7.89. The van der Waals surface area contributed by atoms with Crippen LogP contribution < -0.4 is 9.44 Å². The smallest absolute Gasteiger partial charge is 0.279 e. The number of hydrogen-bond donors (Lipinski definition) is 3. The van der Waals surface area contributed by atoms with Gasteiger partial charge in [-0.05, 0) is 36.4 Å². The van der Waals surface area contributed by atoms with Gasteiger partial charge < -0.3 is 14.0 Å². The Hall–Kier alpha value is -4.91. The van der Waals surface area contributed by atoms with E-state index in [2.05, 4.69) is 14.6 Å². The maximum Gasteiger partial charge on any atom is 0.279 e. The molecule has 2 heterocycles. The van der Waals surface area contributed by atoms with Crippen molar-refractivity contribution < 1.29 is 40.7 Å². The first-order valence-corrected chi connectivity index (χ1v) is 14.3. The Morgan fingerprint density at radius 2 is 1.17 bits per heavy atom. The van der Waals surface area contributed by atoms with Gasteiger partial charge in [0.1, 0.15) is 17.2 Å². The number of fused-ring (bicyclic) bond motifs is 3. The molecule has 16 nitrogen and oxygen atoms in total. The number of oxime groups is 1. The second kappa shape index (κ2) is 10.2. The highest BCUT2D eigenvalue weighted by Gasteiger charge is 2.41. The highest BCUT2D eigenvalue weighted by Crippen LogP contribution is 2.49. The number of sulfonamides is 2. The number of hydrogen-bond acceptors (Lipinski definition) is 12. The molecular formula is C23H17N5O11S2. The van der Waals surface area contributed by atoms with E-state index in [1.165, 1.54) is 36.8 Å². The van der Waals surface area contributed by atoms with E-state index < -0.39 is 67.9 Å². The standard InChI is InChI=1S/C23H17N5O11S2/c29-26-23-17-7-15(40(34,35)24-11-13-3-1-5-38-13)9-19(27(30)31)21(17)22-18(23)8-16(10-20(22)28(32)33)41(36,37)25-12-14-4-2-6-39-14/h1-10,24-25,29H,11-12H2. The van der Waals surface area contributed by atoms with Crippen LogP contribution in [0.15, 0.2) is 84.8 Å². The number of rotatable bonds is 10. The summed E-state index contributed by atoms with van der Waals surface area (Å²) in [6.07, 6.45) is 2.64. The van der Waals surface area contributed by atoms with Crippen LogP contribution >= 0.6 is 0 Å². The van der Waals surface area contributed by atoms with Gasteiger partial charge >= 0.3 is 0 Å². The molecule has 0 saturated carbocycles. The van der Waals surface area contributed by atoms with Crippen molar-refractivity contribution in [2.45, 2.75) is 22.9 Å². The summed E-state index contributed by atoms with van der Waals surface area (Å²) in [4.78, 5) is 21.0. The van der Waals surface area contributed by atoms with Crippen LogP contribution in [0.25, 0.3) is 11.1 Å². The van der Waals surface area contributed by atoms with E-state index in [0.29, 0.717) is 12.1 Å². The Morgan fingerprint density at radius 1 is 0.756 bits per heavy atom. The summed E-state index contributed by atoms with van der Waals surface area (Å²) < 4.78 is 66.7. The third-order valence-corrected chi connectivity index (χ3v) is 8.85. The molecule has 0 amide bonds. The SMILES string of the molecule is O=[N+]([O-])c1cc(S(=O)(=O)NCc2ccco2)cc2c1-c1c(cc(S(=O)(=O)NCc3ccco3)cc1[N+](=O)[O-])C2=NO. The summed E-state index contributed by atoms with van der Waals surface area (Å²) in [6, 6.07) is 9.32. The van der Waals surface area contributed by atoms with Crippen LogP contribution in [0.3, 0.4) is 0 Å². The maximum atomic E-state index is 13.0. The van der Waals surface area contributed by atoms with Crippen LogP contribution in [-0.4, -0.2) is 37.6 Å². The molecular weight excluding hydrogens is 586 g/mol. The summed E-state index contributed by atoms with van der Waals surface area (Å²) in [6.45, 7) is -0.585. The lowest BCUT2D eigenvalue weighted by Crippen LogP contribution is -2.23. The number of nitrogens with zero attached hydrogens (tertiary/aromatic N) is 3. The van der Waals surface area contributed by atoms with Gasteiger partial charge in [-0.25, -0.2) is 26.3 Å². The minimum absolute atomic E-state index is 0.249. The molecule has 2 aromatic heterocycles. The van der Waals surface area contributed by atoms with Crippen LogP contribution in [0, 0.1) is 20.2 Å². The molecule has 0 aliphatic heterocycles. The first-order chi connectivity index (χ1) is 19.4. The van der Waals surface area contributed by atoms with Gasteiger partial charge in [0, 0.05) is 23.3 Å². The largest absolute Gasteiger partial charge is 0.468 e. The zero-order chi connectivity index (χ0) is 29.5. The van der Waals surface area contributed by atoms with Crippen molar-refractivity contribution in [2.24, 2.45) is 5.16 Å². The quantitative estimate of drug-likeness (QED) is 0.119. The first-order valence-electron chi connectivity index (χ1n) is 11.3. The van der Waals surface area contributed by atoms with Crippen LogP contribution in [-0.2, 0) is 33.1 Å². The number of nitrogens with one attached hydrogen (secondary N) is 2. The highest BCUT2D eigenvalue weighted by atomic mass is 32.2. The van der Waals surface area contributed by atoms with Gasteiger partial charge in [-0.15, -0.1) is 0 Å². The predicted octanol–water partition coefficient (Wildman–Crippen LogP) is 2.85. The molecule has 0 bridgehead atoms. The van der Waals surface area contributed by atoms with Crippen molar-refractivity contribution >= 4 is 37.1 Å². The number of nitro groups is 2. The normalized spacial score (nSPS) is 12.6. The summed E-state index contributed by atoms with van der Waals surface area (Å²) in [5.41, 5.74) is -3.71. The van der Waals surface area contributed by atoms with Crippen LogP contribution in [0.1, 0.15) is 22.6 Å².